The summed E-state index contributed by atoms with van der Waals surface area (Å²) in [5, 5.41) is 0. The molecule has 0 bridgehead atoms. The molecular weight excluding hydrogens is 262 g/mol. The molecule has 1 rings (SSSR count). The molecule has 0 aromatic heterocycles. The molecule has 1 fully saturated rings. The lowest BCUT2D eigenvalue weighted by Gasteiger charge is -2.45. The van der Waals surface area contributed by atoms with Crippen molar-refractivity contribution in [3.05, 3.63) is 0 Å². The van der Waals surface area contributed by atoms with Crippen molar-refractivity contribution < 1.29 is 8.42 Å². The molecule has 2 atom stereocenters. The maximum Gasteiger partial charge on any atom is 0.279 e. The standard InChI is InChI=1S/C13H29N3O2S/c1-11(2)9-15-19(17,18)16(4)13(10-14)7-5-6-12(3)8-13/h11-12,15H,5-10,14H2,1-4H3. The van der Waals surface area contributed by atoms with Gasteiger partial charge in [-0.2, -0.15) is 12.7 Å². The monoisotopic (exact) mass is 291 g/mol. The molecule has 0 aromatic rings. The van der Waals surface area contributed by atoms with Crippen molar-refractivity contribution in [1.29, 1.82) is 0 Å². The van der Waals surface area contributed by atoms with Crippen LogP contribution in [0.15, 0.2) is 0 Å². The van der Waals surface area contributed by atoms with E-state index in [1.807, 2.05) is 13.8 Å². The Morgan fingerprint density at radius 2 is 2.11 bits per heavy atom. The molecule has 0 spiro atoms. The van der Waals surface area contributed by atoms with Crippen LogP contribution in [0.25, 0.3) is 0 Å². The third kappa shape index (κ3) is 4.15. The van der Waals surface area contributed by atoms with E-state index in [1.165, 1.54) is 4.31 Å². The van der Waals surface area contributed by atoms with Gasteiger partial charge in [-0.25, -0.2) is 4.72 Å². The molecule has 5 nitrogen and oxygen atoms in total. The van der Waals surface area contributed by atoms with Crippen LogP contribution >= 0.6 is 0 Å². The van der Waals surface area contributed by atoms with Crippen LogP contribution in [-0.2, 0) is 10.2 Å². The maximum absolute atomic E-state index is 12.4. The van der Waals surface area contributed by atoms with Crippen molar-refractivity contribution in [1.82, 2.24) is 9.03 Å². The lowest BCUT2D eigenvalue weighted by atomic mass is 9.76. The van der Waals surface area contributed by atoms with E-state index in [1.54, 1.807) is 7.05 Å². The topological polar surface area (TPSA) is 75.4 Å². The third-order valence-electron chi connectivity index (χ3n) is 4.15. The Morgan fingerprint density at radius 1 is 1.47 bits per heavy atom. The second-order valence-corrected chi connectivity index (χ2v) is 8.13. The molecule has 2 unspecified atom stereocenters. The van der Waals surface area contributed by atoms with Crippen LogP contribution in [0.4, 0.5) is 0 Å². The summed E-state index contributed by atoms with van der Waals surface area (Å²) in [7, 11) is -1.79. The molecule has 0 saturated heterocycles. The number of hydrogen-bond acceptors (Lipinski definition) is 3. The third-order valence-corrected chi connectivity index (χ3v) is 5.79. The molecule has 1 aliphatic carbocycles. The fourth-order valence-corrected chi connectivity index (χ4v) is 4.34. The number of likely N-dealkylation sites (N-methyl/N-ethyl adjacent to an activating group) is 1. The Morgan fingerprint density at radius 3 is 2.58 bits per heavy atom. The van der Waals surface area contributed by atoms with E-state index in [4.69, 9.17) is 5.73 Å². The highest BCUT2D eigenvalue weighted by Gasteiger charge is 2.42. The van der Waals surface area contributed by atoms with E-state index in [9.17, 15) is 8.42 Å². The Balaban J connectivity index is 2.85. The van der Waals surface area contributed by atoms with Crippen LogP contribution < -0.4 is 10.5 Å². The van der Waals surface area contributed by atoms with Gasteiger partial charge in [-0.05, 0) is 24.7 Å². The average molecular weight is 291 g/mol. The second-order valence-electron chi connectivity index (χ2n) is 6.34. The van der Waals surface area contributed by atoms with Crippen LogP contribution in [0.2, 0.25) is 0 Å². The van der Waals surface area contributed by atoms with E-state index in [0.717, 1.165) is 25.7 Å². The van der Waals surface area contributed by atoms with Crippen molar-refractivity contribution in [2.45, 2.75) is 52.0 Å². The first-order chi connectivity index (χ1) is 8.73. The van der Waals surface area contributed by atoms with Gasteiger partial charge in [0.2, 0.25) is 0 Å². The molecule has 0 aliphatic heterocycles. The van der Waals surface area contributed by atoms with Gasteiger partial charge < -0.3 is 5.73 Å². The first kappa shape index (κ1) is 16.9. The quantitative estimate of drug-likeness (QED) is 0.775. The largest absolute Gasteiger partial charge is 0.329 e. The minimum absolute atomic E-state index is 0.294. The van der Waals surface area contributed by atoms with Gasteiger partial charge in [0.05, 0.1) is 0 Å². The van der Waals surface area contributed by atoms with Crippen molar-refractivity contribution >= 4 is 10.2 Å². The van der Waals surface area contributed by atoms with Gasteiger partial charge in [0.25, 0.3) is 10.2 Å². The van der Waals surface area contributed by atoms with Gasteiger partial charge in [-0.15, -0.1) is 0 Å². The van der Waals surface area contributed by atoms with Gasteiger partial charge >= 0.3 is 0 Å². The molecule has 1 saturated carbocycles. The normalized spacial score (nSPS) is 29.1. The summed E-state index contributed by atoms with van der Waals surface area (Å²) in [6, 6.07) is 0. The minimum Gasteiger partial charge on any atom is -0.329 e. The summed E-state index contributed by atoms with van der Waals surface area (Å²) in [6.07, 6.45) is 3.91. The molecule has 0 heterocycles. The highest BCUT2D eigenvalue weighted by Crippen LogP contribution is 2.36. The van der Waals surface area contributed by atoms with E-state index >= 15 is 0 Å². The van der Waals surface area contributed by atoms with E-state index in [0.29, 0.717) is 24.9 Å². The first-order valence-corrected chi connectivity index (χ1v) is 8.61. The summed E-state index contributed by atoms with van der Waals surface area (Å²) < 4.78 is 28.9. The predicted molar refractivity (Wildman–Crippen MR) is 78.9 cm³/mol. The molecule has 6 heteroatoms. The van der Waals surface area contributed by atoms with Crippen molar-refractivity contribution in [3.63, 3.8) is 0 Å². The summed E-state index contributed by atoms with van der Waals surface area (Å²) >= 11 is 0. The molecule has 19 heavy (non-hydrogen) atoms. The summed E-state index contributed by atoms with van der Waals surface area (Å²) in [6.45, 7) is 7.00. The first-order valence-electron chi connectivity index (χ1n) is 7.17. The molecule has 0 amide bonds. The van der Waals surface area contributed by atoms with Gasteiger partial charge in [0, 0.05) is 25.7 Å². The molecule has 0 radical (unpaired) electrons. The van der Waals surface area contributed by atoms with E-state index in [-0.39, 0.29) is 0 Å². The van der Waals surface area contributed by atoms with Crippen LogP contribution in [-0.4, -0.2) is 38.4 Å². The fraction of sp³-hybridized carbons (Fsp3) is 1.00. The number of nitrogens with two attached hydrogens (primary N) is 1. The minimum atomic E-state index is -3.45. The van der Waals surface area contributed by atoms with Crippen LogP contribution in [0.1, 0.15) is 46.5 Å². The Labute approximate surface area is 118 Å². The molecule has 3 N–H and O–H groups in total. The Hall–Kier alpha value is -0.170. The number of nitrogens with zero attached hydrogens (tertiary/aromatic N) is 1. The van der Waals surface area contributed by atoms with Crippen LogP contribution in [0, 0.1) is 11.8 Å². The van der Waals surface area contributed by atoms with Gasteiger partial charge in [-0.1, -0.05) is 33.6 Å². The van der Waals surface area contributed by atoms with Crippen molar-refractivity contribution in [2.75, 3.05) is 20.1 Å². The van der Waals surface area contributed by atoms with Gasteiger partial charge in [0.1, 0.15) is 0 Å². The Bertz CT molecular complexity index is 383. The van der Waals surface area contributed by atoms with Gasteiger partial charge in [0.15, 0.2) is 0 Å². The fourth-order valence-electron chi connectivity index (χ4n) is 2.86. The van der Waals surface area contributed by atoms with Crippen molar-refractivity contribution in [2.24, 2.45) is 17.6 Å². The zero-order chi connectivity index (χ0) is 14.7. The zero-order valence-electron chi connectivity index (χ0n) is 12.6. The SMILES string of the molecule is CC(C)CNS(=O)(=O)N(C)C1(CN)CCCC(C)C1. The lowest BCUT2D eigenvalue weighted by Crippen LogP contribution is -2.59. The molecule has 0 aromatic carbocycles. The highest BCUT2D eigenvalue weighted by atomic mass is 32.2. The molecule has 1 aliphatic rings. The maximum atomic E-state index is 12.4. The van der Waals surface area contributed by atoms with Crippen LogP contribution in [0.5, 0.6) is 0 Å². The van der Waals surface area contributed by atoms with Gasteiger partial charge in [-0.3, -0.25) is 0 Å². The summed E-state index contributed by atoms with van der Waals surface area (Å²) in [4.78, 5) is 0. The number of nitrogens with one attached hydrogen (secondary N) is 1. The lowest BCUT2D eigenvalue weighted by molar-refractivity contribution is 0.126. The molecule has 114 valence electrons. The molecular formula is C13H29N3O2S. The number of hydrogen-bond donors (Lipinski definition) is 2. The highest BCUT2D eigenvalue weighted by molar-refractivity contribution is 7.87. The average Bonchev–Trinajstić information content (AvgIpc) is 2.35. The Kier molecular flexibility index (Phi) is 5.79. The predicted octanol–water partition coefficient (Wildman–Crippen LogP) is 1.32. The summed E-state index contributed by atoms with van der Waals surface area (Å²) in [5.41, 5.74) is 5.50. The zero-order valence-corrected chi connectivity index (χ0v) is 13.5. The second kappa shape index (κ2) is 6.52. The number of rotatable bonds is 6. The van der Waals surface area contributed by atoms with E-state index in [2.05, 4.69) is 11.6 Å². The smallest absolute Gasteiger partial charge is 0.279 e. The van der Waals surface area contributed by atoms with E-state index < -0.39 is 15.7 Å². The van der Waals surface area contributed by atoms with Crippen molar-refractivity contribution in [3.8, 4) is 0 Å². The van der Waals surface area contributed by atoms with Crippen LogP contribution in [0.3, 0.4) is 0 Å². The summed E-state index contributed by atoms with van der Waals surface area (Å²) in [5.74, 6) is 0.822.